The second-order valence-corrected chi connectivity index (χ2v) is 8.24. The lowest BCUT2D eigenvalue weighted by Gasteiger charge is -2.31. The highest BCUT2D eigenvalue weighted by Crippen LogP contribution is 2.33. The van der Waals surface area contributed by atoms with Crippen molar-refractivity contribution in [3.05, 3.63) is 77.2 Å². The summed E-state index contributed by atoms with van der Waals surface area (Å²) in [4.78, 5) is 27.5. The van der Waals surface area contributed by atoms with Crippen molar-refractivity contribution in [3.63, 3.8) is 0 Å². The molecule has 8 heteroatoms. The van der Waals surface area contributed by atoms with Crippen LogP contribution in [0, 0.1) is 0 Å². The Labute approximate surface area is 190 Å². The zero-order valence-electron chi connectivity index (χ0n) is 17.3. The number of nitrogens with two attached hydrogens (primary N) is 1. The Balaban J connectivity index is 1.47. The molecule has 3 N–H and O–H groups in total. The minimum absolute atomic E-state index is 0.197. The summed E-state index contributed by atoms with van der Waals surface area (Å²) in [7, 11) is 0. The van der Waals surface area contributed by atoms with Crippen molar-refractivity contribution in [2.45, 2.75) is 18.9 Å². The number of nitrogens with one attached hydrogen (secondary N) is 1. The van der Waals surface area contributed by atoms with Crippen LogP contribution in [0.25, 0.3) is 11.0 Å². The number of hydrogen-bond acceptors (Lipinski definition) is 6. The van der Waals surface area contributed by atoms with Gasteiger partial charge in [0.2, 0.25) is 0 Å². The number of nitrogens with zero attached hydrogens (tertiary/aromatic N) is 3. The fourth-order valence-electron chi connectivity index (χ4n) is 3.99. The highest BCUT2D eigenvalue weighted by atomic mass is 35.5. The second-order valence-electron chi connectivity index (χ2n) is 7.83. The number of ketones is 1. The number of H-pyrrole nitrogens is 1. The largest absolute Gasteiger partial charge is 0.457 e. The molecule has 1 saturated heterocycles. The van der Waals surface area contributed by atoms with E-state index in [1.54, 1.807) is 24.4 Å². The Bertz CT molecular complexity index is 1270. The molecule has 0 atom stereocenters. The first-order valence-electron chi connectivity index (χ1n) is 10.5. The molecule has 1 aliphatic rings. The zero-order chi connectivity index (χ0) is 22.1. The molecule has 162 valence electrons. The van der Waals surface area contributed by atoms with E-state index in [0.717, 1.165) is 31.7 Å². The summed E-state index contributed by atoms with van der Waals surface area (Å²) in [6, 6.07) is 14.7. The van der Waals surface area contributed by atoms with Gasteiger partial charge in [-0.2, -0.15) is 0 Å². The molecular weight excluding hydrogens is 426 g/mol. The predicted molar refractivity (Wildman–Crippen MR) is 125 cm³/mol. The van der Waals surface area contributed by atoms with E-state index in [4.69, 9.17) is 22.1 Å². The maximum absolute atomic E-state index is 13.5. The first-order valence-corrected chi connectivity index (χ1v) is 10.9. The lowest BCUT2D eigenvalue weighted by molar-refractivity contribution is 0.104. The average Bonchev–Trinajstić information content (AvgIpc) is 3.24. The molecule has 7 nitrogen and oxygen atoms in total. The summed E-state index contributed by atoms with van der Waals surface area (Å²) in [5, 5.41) is 1.02. The van der Waals surface area contributed by atoms with Crippen LogP contribution in [-0.2, 0) is 0 Å². The molecule has 0 aliphatic carbocycles. The Morgan fingerprint density at radius 2 is 1.84 bits per heavy atom. The fraction of sp³-hybridized carbons (Fsp3) is 0.208. The molecule has 0 unspecified atom stereocenters. The first kappa shape index (κ1) is 20.5. The van der Waals surface area contributed by atoms with E-state index in [1.807, 2.05) is 30.3 Å². The Morgan fingerprint density at radius 3 is 2.59 bits per heavy atom. The van der Waals surface area contributed by atoms with Crippen molar-refractivity contribution in [1.82, 2.24) is 15.0 Å². The highest BCUT2D eigenvalue weighted by Gasteiger charge is 2.25. The number of carbonyl (C=O) groups is 1. The number of anilines is 1. The van der Waals surface area contributed by atoms with Gasteiger partial charge in [0.15, 0.2) is 5.78 Å². The third-order valence-corrected chi connectivity index (χ3v) is 6.01. The summed E-state index contributed by atoms with van der Waals surface area (Å²) in [6.45, 7) is 1.58. The highest BCUT2D eigenvalue weighted by molar-refractivity contribution is 6.35. The van der Waals surface area contributed by atoms with Crippen LogP contribution in [0.2, 0.25) is 5.02 Å². The van der Waals surface area contributed by atoms with E-state index in [-0.39, 0.29) is 11.8 Å². The monoisotopic (exact) mass is 447 g/mol. The zero-order valence-corrected chi connectivity index (χ0v) is 18.0. The number of benzene rings is 2. The number of halogens is 1. The number of para-hydroxylation sites is 1. The maximum atomic E-state index is 13.5. The number of piperidine rings is 1. The first-order chi connectivity index (χ1) is 15.6. The molecule has 3 heterocycles. The smallest absolute Gasteiger partial charge is 0.196 e. The van der Waals surface area contributed by atoms with E-state index < -0.39 is 0 Å². The number of ether oxygens (including phenoxy) is 1. The molecular formula is C24H22ClN5O2. The molecule has 1 aliphatic heterocycles. The van der Waals surface area contributed by atoms with Crippen LogP contribution in [-0.4, -0.2) is 39.9 Å². The summed E-state index contributed by atoms with van der Waals surface area (Å²) >= 11 is 6.50. The molecule has 2 aromatic heterocycles. The normalized spacial score (nSPS) is 14.6. The number of aromatic nitrogens is 3. The van der Waals surface area contributed by atoms with Gasteiger partial charge in [-0.3, -0.25) is 4.79 Å². The molecule has 5 rings (SSSR count). The Morgan fingerprint density at radius 1 is 1.06 bits per heavy atom. The van der Waals surface area contributed by atoms with Crippen molar-refractivity contribution >= 4 is 34.2 Å². The van der Waals surface area contributed by atoms with Gasteiger partial charge in [-0.25, -0.2) is 9.97 Å². The van der Waals surface area contributed by atoms with E-state index in [0.29, 0.717) is 38.7 Å². The summed E-state index contributed by atoms with van der Waals surface area (Å²) in [5.41, 5.74) is 7.56. The van der Waals surface area contributed by atoms with Gasteiger partial charge in [-0.1, -0.05) is 29.8 Å². The molecule has 32 heavy (non-hydrogen) atoms. The van der Waals surface area contributed by atoms with Crippen LogP contribution in [0.1, 0.15) is 28.8 Å². The number of hydrogen-bond donors (Lipinski definition) is 2. The van der Waals surface area contributed by atoms with Crippen LogP contribution in [0.5, 0.6) is 11.5 Å². The van der Waals surface area contributed by atoms with E-state index in [9.17, 15) is 4.79 Å². The minimum atomic E-state index is -0.197. The predicted octanol–water partition coefficient (Wildman–Crippen LogP) is 4.56. The van der Waals surface area contributed by atoms with Crippen LogP contribution in [0.4, 0.5) is 5.82 Å². The molecule has 0 bridgehead atoms. The van der Waals surface area contributed by atoms with Crippen molar-refractivity contribution in [2.24, 2.45) is 5.73 Å². The average molecular weight is 448 g/mol. The summed E-state index contributed by atoms with van der Waals surface area (Å²) in [5.74, 6) is 1.80. The van der Waals surface area contributed by atoms with Crippen LogP contribution in [0.3, 0.4) is 0 Å². The number of rotatable bonds is 5. The molecule has 4 aromatic rings. The SMILES string of the molecule is NC1CCN(c2ncnc3[nH]cc(C(=O)c4ccc(Oc5ccccc5)cc4Cl)c23)CC1. The molecule has 0 amide bonds. The quantitative estimate of drug-likeness (QED) is 0.435. The maximum Gasteiger partial charge on any atom is 0.196 e. The number of aromatic amines is 1. The van der Waals surface area contributed by atoms with Crippen molar-refractivity contribution in [2.75, 3.05) is 18.0 Å². The van der Waals surface area contributed by atoms with Crippen molar-refractivity contribution < 1.29 is 9.53 Å². The van der Waals surface area contributed by atoms with Crippen LogP contribution in [0.15, 0.2) is 61.1 Å². The van der Waals surface area contributed by atoms with Crippen molar-refractivity contribution in [3.8, 4) is 11.5 Å². The molecule has 0 saturated carbocycles. The van der Waals surface area contributed by atoms with Gasteiger partial charge in [-0.05, 0) is 37.1 Å². The molecule has 1 fully saturated rings. The van der Waals surface area contributed by atoms with Gasteiger partial charge < -0.3 is 20.4 Å². The van der Waals surface area contributed by atoms with E-state index >= 15 is 0 Å². The summed E-state index contributed by atoms with van der Waals surface area (Å²) in [6.07, 6.45) is 4.95. The van der Waals surface area contributed by atoms with Crippen LogP contribution >= 0.6 is 11.6 Å². The fourth-order valence-corrected chi connectivity index (χ4v) is 4.25. The third kappa shape index (κ3) is 3.92. The third-order valence-electron chi connectivity index (χ3n) is 5.70. The standard InChI is InChI=1S/C24H22ClN5O2/c25-20-12-17(32-16-4-2-1-3-5-16)6-7-18(20)22(31)19-13-27-23-21(19)24(29-14-28-23)30-10-8-15(26)9-11-30/h1-7,12-15H,8-11,26H2,(H,27,28,29). The second kappa shape index (κ2) is 8.61. The van der Waals surface area contributed by atoms with Crippen molar-refractivity contribution in [1.29, 1.82) is 0 Å². The van der Waals surface area contributed by atoms with Gasteiger partial charge in [-0.15, -0.1) is 0 Å². The topological polar surface area (TPSA) is 97.1 Å². The number of fused-ring (bicyclic) bond motifs is 1. The van der Waals surface area contributed by atoms with Gasteiger partial charge >= 0.3 is 0 Å². The van der Waals surface area contributed by atoms with E-state index in [1.165, 1.54) is 6.33 Å². The Kier molecular flexibility index (Phi) is 5.51. The van der Waals surface area contributed by atoms with Crippen LogP contribution < -0.4 is 15.4 Å². The summed E-state index contributed by atoms with van der Waals surface area (Å²) < 4.78 is 5.82. The lowest BCUT2D eigenvalue weighted by atomic mass is 10.0. The van der Waals surface area contributed by atoms with Gasteiger partial charge in [0.05, 0.1) is 16.0 Å². The van der Waals surface area contributed by atoms with Gasteiger partial charge in [0, 0.05) is 37.0 Å². The Hall–Kier alpha value is -3.42. The molecule has 0 spiro atoms. The van der Waals surface area contributed by atoms with E-state index in [2.05, 4.69) is 19.9 Å². The number of carbonyl (C=O) groups excluding carboxylic acids is 1. The molecule has 2 aromatic carbocycles. The van der Waals surface area contributed by atoms with Gasteiger partial charge in [0.1, 0.15) is 29.3 Å². The minimum Gasteiger partial charge on any atom is -0.457 e. The van der Waals surface area contributed by atoms with Gasteiger partial charge in [0.25, 0.3) is 0 Å². The lowest BCUT2D eigenvalue weighted by Crippen LogP contribution is -2.40. The molecule has 0 radical (unpaired) electrons.